The lowest BCUT2D eigenvalue weighted by atomic mass is 9.99. The van der Waals surface area contributed by atoms with E-state index in [2.05, 4.69) is 4.98 Å². The molecular formula is C26H21NO6. The zero-order chi connectivity index (χ0) is 23.4. The number of methoxy groups -OCH3 is 3. The minimum Gasteiger partial charge on any atom is -0.497 e. The number of rotatable bonds is 7. The third-order valence-corrected chi connectivity index (χ3v) is 5.03. The molecule has 4 aromatic rings. The summed E-state index contributed by atoms with van der Waals surface area (Å²) in [4.78, 5) is 29.9. The second-order valence-electron chi connectivity index (χ2n) is 7.09. The maximum Gasteiger partial charge on any atom is 0.337 e. The normalized spacial score (nSPS) is 11.3. The third-order valence-electron chi connectivity index (χ3n) is 5.03. The Morgan fingerprint density at radius 2 is 1.52 bits per heavy atom. The van der Waals surface area contributed by atoms with Gasteiger partial charge in [-0.2, -0.15) is 0 Å². The summed E-state index contributed by atoms with van der Waals surface area (Å²) in [6.07, 6.45) is 1.67. The lowest BCUT2D eigenvalue weighted by Gasteiger charge is -2.09. The number of allylic oxidation sites excluding steroid dienone is 1. The van der Waals surface area contributed by atoms with Crippen LogP contribution in [0.25, 0.3) is 22.7 Å². The number of hydrogen-bond donors (Lipinski definition) is 0. The first-order valence-corrected chi connectivity index (χ1v) is 10.1. The van der Waals surface area contributed by atoms with E-state index in [9.17, 15) is 9.59 Å². The molecule has 0 N–H and O–H groups in total. The van der Waals surface area contributed by atoms with E-state index in [4.69, 9.17) is 18.6 Å². The number of aromatic nitrogens is 1. The zero-order valence-electron chi connectivity index (χ0n) is 18.3. The van der Waals surface area contributed by atoms with Gasteiger partial charge in [0.05, 0.1) is 32.5 Å². The summed E-state index contributed by atoms with van der Waals surface area (Å²) in [6, 6.07) is 18.9. The second-order valence-corrected chi connectivity index (χ2v) is 7.09. The van der Waals surface area contributed by atoms with E-state index in [0.29, 0.717) is 39.3 Å². The molecule has 0 amide bonds. The molecule has 7 nitrogen and oxygen atoms in total. The van der Waals surface area contributed by atoms with E-state index < -0.39 is 5.97 Å². The van der Waals surface area contributed by atoms with Crippen LogP contribution in [-0.4, -0.2) is 38.1 Å². The van der Waals surface area contributed by atoms with E-state index in [1.54, 1.807) is 54.6 Å². The van der Waals surface area contributed by atoms with E-state index in [0.717, 1.165) is 0 Å². The number of esters is 1. The van der Waals surface area contributed by atoms with Gasteiger partial charge in [-0.15, -0.1) is 0 Å². The van der Waals surface area contributed by atoms with Crippen molar-refractivity contribution in [3.8, 4) is 11.5 Å². The Hall–Kier alpha value is -4.39. The summed E-state index contributed by atoms with van der Waals surface area (Å²) in [5.41, 5.74) is 2.88. The number of ether oxygens (including phenoxy) is 3. The topological polar surface area (TPSA) is 87.9 Å². The standard InChI is InChI=1S/C26H21NO6/c1-30-19-13-18(14-20(15-19)31-2)24(28)21(25-27-22-6-4-5-7-23(22)33-25)12-16-8-10-17(11-9-16)26(29)32-3/h4-15H,1-3H3. The number of ketones is 1. The summed E-state index contributed by atoms with van der Waals surface area (Å²) in [5, 5.41) is 0. The van der Waals surface area contributed by atoms with Crippen LogP contribution in [0.1, 0.15) is 32.2 Å². The highest BCUT2D eigenvalue weighted by Crippen LogP contribution is 2.30. The minimum absolute atomic E-state index is 0.181. The van der Waals surface area contributed by atoms with E-state index in [1.807, 2.05) is 18.2 Å². The molecule has 1 aromatic heterocycles. The number of nitrogens with zero attached hydrogens (tertiary/aromatic N) is 1. The number of para-hydroxylation sites is 2. The SMILES string of the molecule is COC(=O)c1ccc(C=C(C(=O)c2cc(OC)cc(OC)c2)c2nc3ccccc3o2)cc1. The molecule has 33 heavy (non-hydrogen) atoms. The van der Waals surface area contributed by atoms with Gasteiger partial charge in [0, 0.05) is 11.6 Å². The van der Waals surface area contributed by atoms with Crippen molar-refractivity contribution in [3.05, 3.63) is 89.3 Å². The van der Waals surface area contributed by atoms with Crippen LogP contribution in [0.2, 0.25) is 0 Å². The van der Waals surface area contributed by atoms with Gasteiger partial charge in [0.1, 0.15) is 17.0 Å². The van der Waals surface area contributed by atoms with Crippen LogP contribution in [0.5, 0.6) is 11.5 Å². The molecule has 0 aliphatic rings. The van der Waals surface area contributed by atoms with Crippen molar-refractivity contribution in [3.63, 3.8) is 0 Å². The fourth-order valence-corrected chi connectivity index (χ4v) is 3.31. The number of hydrogen-bond acceptors (Lipinski definition) is 7. The quantitative estimate of drug-likeness (QED) is 0.224. The van der Waals surface area contributed by atoms with Gasteiger partial charge in [0.15, 0.2) is 11.4 Å². The number of oxazole rings is 1. The predicted octanol–water partition coefficient (Wildman–Crippen LogP) is 5.06. The molecule has 4 rings (SSSR count). The Morgan fingerprint density at radius 1 is 0.848 bits per heavy atom. The molecule has 0 spiro atoms. The molecular weight excluding hydrogens is 422 g/mol. The molecule has 0 unspecified atom stereocenters. The van der Waals surface area contributed by atoms with E-state index >= 15 is 0 Å². The van der Waals surface area contributed by atoms with Gasteiger partial charge in [-0.05, 0) is 48.0 Å². The summed E-state index contributed by atoms with van der Waals surface area (Å²) >= 11 is 0. The second kappa shape index (κ2) is 9.40. The van der Waals surface area contributed by atoms with Crippen LogP contribution >= 0.6 is 0 Å². The fraction of sp³-hybridized carbons (Fsp3) is 0.115. The molecule has 0 fully saturated rings. The van der Waals surface area contributed by atoms with Gasteiger partial charge in [-0.25, -0.2) is 9.78 Å². The highest BCUT2D eigenvalue weighted by Gasteiger charge is 2.22. The third kappa shape index (κ3) is 4.62. The van der Waals surface area contributed by atoms with Gasteiger partial charge in [-0.3, -0.25) is 4.79 Å². The highest BCUT2D eigenvalue weighted by atomic mass is 16.5. The molecule has 0 radical (unpaired) electrons. The fourth-order valence-electron chi connectivity index (χ4n) is 3.31. The van der Waals surface area contributed by atoms with Gasteiger partial charge in [-0.1, -0.05) is 24.3 Å². The van der Waals surface area contributed by atoms with Crippen molar-refractivity contribution in [2.45, 2.75) is 0 Å². The molecule has 166 valence electrons. The van der Waals surface area contributed by atoms with Crippen molar-refractivity contribution in [1.82, 2.24) is 4.98 Å². The number of Topliss-reactive ketones (excluding diaryl/α,β-unsaturated/α-hetero) is 1. The predicted molar refractivity (Wildman–Crippen MR) is 124 cm³/mol. The average molecular weight is 443 g/mol. The summed E-state index contributed by atoms with van der Waals surface area (Å²) in [5.74, 6) is 0.383. The minimum atomic E-state index is -0.441. The first-order valence-electron chi connectivity index (χ1n) is 10.1. The largest absolute Gasteiger partial charge is 0.497 e. The van der Waals surface area contributed by atoms with Crippen LogP contribution in [0.3, 0.4) is 0 Å². The van der Waals surface area contributed by atoms with Gasteiger partial charge in [0.2, 0.25) is 5.89 Å². The Kier molecular flexibility index (Phi) is 6.22. The van der Waals surface area contributed by atoms with Crippen LogP contribution in [-0.2, 0) is 4.74 Å². The Balaban J connectivity index is 1.83. The summed E-state index contributed by atoms with van der Waals surface area (Å²) in [6.45, 7) is 0. The molecule has 0 atom stereocenters. The monoisotopic (exact) mass is 443 g/mol. The maximum absolute atomic E-state index is 13.6. The Bertz CT molecular complexity index is 1300. The number of carbonyl (C=O) groups is 2. The number of benzene rings is 3. The Morgan fingerprint density at radius 3 is 2.12 bits per heavy atom. The van der Waals surface area contributed by atoms with Crippen LogP contribution in [0, 0.1) is 0 Å². The maximum atomic E-state index is 13.6. The number of carbonyl (C=O) groups excluding carboxylic acids is 2. The van der Waals surface area contributed by atoms with Crippen LogP contribution < -0.4 is 9.47 Å². The van der Waals surface area contributed by atoms with E-state index in [-0.39, 0.29) is 17.2 Å². The molecule has 0 saturated carbocycles. The molecule has 0 bridgehead atoms. The molecule has 0 aliphatic heterocycles. The van der Waals surface area contributed by atoms with Crippen molar-refractivity contribution < 1.29 is 28.2 Å². The first-order chi connectivity index (χ1) is 16.0. The van der Waals surface area contributed by atoms with Gasteiger partial charge >= 0.3 is 5.97 Å². The average Bonchev–Trinajstić information content (AvgIpc) is 3.30. The molecule has 1 heterocycles. The van der Waals surface area contributed by atoms with Crippen molar-refractivity contribution in [1.29, 1.82) is 0 Å². The first kappa shape index (κ1) is 21.8. The molecule has 0 saturated heterocycles. The molecule has 7 heteroatoms. The lowest BCUT2D eigenvalue weighted by molar-refractivity contribution is 0.0600. The van der Waals surface area contributed by atoms with Crippen molar-refractivity contribution in [2.75, 3.05) is 21.3 Å². The summed E-state index contributed by atoms with van der Waals surface area (Å²) < 4.78 is 21.3. The highest BCUT2D eigenvalue weighted by molar-refractivity contribution is 6.31. The smallest absolute Gasteiger partial charge is 0.337 e. The molecule has 3 aromatic carbocycles. The van der Waals surface area contributed by atoms with Crippen LogP contribution in [0.4, 0.5) is 0 Å². The van der Waals surface area contributed by atoms with Gasteiger partial charge < -0.3 is 18.6 Å². The van der Waals surface area contributed by atoms with Gasteiger partial charge in [0.25, 0.3) is 0 Å². The zero-order valence-corrected chi connectivity index (χ0v) is 18.3. The summed E-state index contributed by atoms with van der Waals surface area (Å²) in [7, 11) is 4.36. The molecule has 0 aliphatic carbocycles. The van der Waals surface area contributed by atoms with Crippen molar-refractivity contribution in [2.24, 2.45) is 0 Å². The van der Waals surface area contributed by atoms with Crippen LogP contribution in [0.15, 0.2) is 71.1 Å². The van der Waals surface area contributed by atoms with Crippen molar-refractivity contribution >= 4 is 34.5 Å². The number of fused-ring (bicyclic) bond motifs is 1. The van der Waals surface area contributed by atoms with E-state index in [1.165, 1.54) is 21.3 Å². The lowest BCUT2D eigenvalue weighted by Crippen LogP contribution is -2.05. The Labute approximate surface area is 190 Å².